The summed E-state index contributed by atoms with van der Waals surface area (Å²) in [5.74, 6) is -1.58. The summed E-state index contributed by atoms with van der Waals surface area (Å²) in [6, 6.07) is 24.1. The number of thioether (sulfide) groups is 1. The first-order chi connectivity index (χ1) is 19.7. The standard InChI is InChI=1S/C31H23ClFN3O4S/c1-18-10-15-26(40-2)25(16-18)35-27-28(31(39)36(30(27)38)21-13-11-19(33)12-14-21)41-22-7-5-6-20(17-22)34-29(37)23-8-3-4-9-24(23)32/h3-17,35H,1-2H3,(H,34,37). The number of carbonyl (C=O) groups excluding carboxylic acids is 3. The molecule has 0 unspecified atom stereocenters. The van der Waals surface area contributed by atoms with Crippen LogP contribution in [0.25, 0.3) is 0 Å². The first-order valence-corrected chi connectivity index (χ1v) is 13.6. The number of nitrogens with one attached hydrogen (secondary N) is 2. The van der Waals surface area contributed by atoms with Gasteiger partial charge in [-0.25, -0.2) is 9.29 Å². The highest BCUT2D eigenvalue weighted by atomic mass is 35.5. The van der Waals surface area contributed by atoms with Crippen molar-refractivity contribution < 1.29 is 23.5 Å². The van der Waals surface area contributed by atoms with Gasteiger partial charge >= 0.3 is 0 Å². The van der Waals surface area contributed by atoms with E-state index in [0.717, 1.165) is 22.2 Å². The van der Waals surface area contributed by atoms with Gasteiger partial charge in [0.15, 0.2) is 0 Å². The molecule has 0 atom stereocenters. The van der Waals surface area contributed by atoms with Crippen LogP contribution >= 0.6 is 23.4 Å². The Morgan fingerprint density at radius 1 is 0.927 bits per heavy atom. The van der Waals surface area contributed by atoms with Gasteiger partial charge in [0.05, 0.1) is 29.1 Å². The minimum absolute atomic E-state index is 0.0405. The van der Waals surface area contributed by atoms with Crippen molar-refractivity contribution in [2.75, 3.05) is 22.6 Å². The van der Waals surface area contributed by atoms with E-state index in [9.17, 15) is 18.8 Å². The lowest BCUT2D eigenvalue weighted by Gasteiger charge is -2.16. The second kappa shape index (κ2) is 11.9. The minimum Gasteiger partial charge on any atom is -0.495 e. The summed E-state index contributed by atoms with van der Waals surface area (Å²) in [6.45, 7) is 1.89. The molecule has 0 radical (unpaired) electrons. The molecule has 0 saturated carbocycles. The number of ether oxygens (including phenoxy) is 1. The van der Waals surface area contributed by atoms with E-state index >= 15 is 0 Å². The van der Waals surface area contributed by atoms with Crippen molar-refractivity contribution >= 4 is 58.1 Å². The highest BCUT2D eigenvalue weighted by Gasteiger charge is 2.40. The summed E-state index contributed by atoms with van der Waals surface area (Å²) in [5, 5.41) is 6.23. The summed E-state index contributed by atoms with van der Waals surface area (Å²) in [7, 11) is 1.51. The van der Waals surface area contributed by atoms with Crippen molar-refractivity contribution in [3.05, 3.63) is 124 Å². The number of rotatable bonds is 8. The van der Waals surface area contributed by atoms with E-state index in [4.69, 9.17) is 16.3 Å². The maximum absolute atomic E-state index is 13.7. The van der Waals surface area contributed by atoms with E-state index in [0.29, 0.717) is 32.6 Å². The second-order valence-electron chi connectivity index (χ2n) is 9.02. The zero-order valence-corrected chi connectivity index (χ0v) is 23.5. The Morgan fingerprint density at radius 2 is 1.68 bits per heavy atom. The molecule has 41 heavy (non-hydrogen) atoms. The third kappa shape index (κ3) is 5.96. The molecule has 2 N–H and O–H groups in total. The van der Waals surface area contributed by atoms with Crippen molar-refractivity contribution in [2.24, 2.45) is 0 Å². The monoisotopic (exact) mass is 587 g/mol. The van der Waals surface area contributed by atoms with Crippen molar-refractivity contribution in [1.82, 2.24) is 0 Å². The number of imide groups is 1. The first-order valence-electron chi connectivity index (χ1n) is 12.4. The molecule has 206 valence electrons. The molecule has 1 heterocycles. The van der Waals surface area contributed by atoms with E-state index in [-0.39, 0.29) is 22.2 Å². The fraction of sp³-hybridized carbons (Fsp3) is 0.0645. The number of amides is 3. The highest BCUT2D eigenvalue weighted by molar-refractivity contribution is 8.04. The van der Waals surface area contributed by atoms with Crippen LogP contribution in [0.4, 0.5) is 21.5 Å². The molecule has 10 heteroatoms. The van der Waals surface area contributed by atoms with Gasteiger partial charge < -0.3 is 15.4 Å². The molecule has 0 aliphatic carbocycles. The van der Waals surface area contributed by atoms with Crippen molar-refractivity contribution in [3.63, 3.8) is 0 Å². The molecule has 0 aromatic heterocycles. The van der Waals surface area contributed by atoms with Gasteiger partial charge in [-0.3, -0.25) is 14.4 Å². The zero-order chi connectivity index (χ0) is 29.1. The van der Waals surface area contributed by atoms with Gasteiger partial charge in [0.1, 0.15) is 22.2 Å². The van der Waals surface area contributed by atoms with E-state index in [1.54, 1.807) is 60.7 Å². The number of carbonyl (C=O) groups is 3. The predicted octanol–water partition coefficient (Wildman–Crippen LogP) is 7.04. The molecule has 1 aliphatic rings. The molecule has 7 nitrogen and oxygen atoms in total. The van der Waals surface area contributed by atoms with E-state index in [2.05, 4.69) is 10.6 Å². The van der Waals surface area contributed by atoms with Crippen LogP contribution < -0.4 is 20.3 Å². The van der Waals surface area contributed by atoms with E-state index < -0.39 is 17.6 Å². The van der Waals surface area contributed by atoms with Crippen LogP contribution in [0.5, 0.6) is 5.75 Å². The van der Waals surface area contributed by atoms with Crippen molar-refractivity contribution in [3.8, 4) is 5.75 Å². The van der Waals surface area contributed by atoms with Crippen molar-refractivity contribution in [1.29, 1.82) is 0 Å². The highest BCUT2D eigenvalue weighted by Crippen LogP contribution is 2.40. The van der Waals surface area contributed by atoms with Crippen LogP contribution in [0.3, 0.4) is 0 Å². The lowest BCUT2D eigenvalue weighted by Crippen LogP contribution is -2.32. The SMILES string of the molecule is COc1ccc(C)cc1NC1=C(Sc2cccc(NC(=O)c3ccccc3Cl)c2)C(=O)N(c2ccc(F)cc2)C1=O. The maximum Gasteiger partial charge on any atom is 0.283 e. The number of aryl methyl sites for hydroxylation is 1. The number of hydrogen-bond donors (Lipinski definition) is 2. The maximum atomic E-state index is 13.7. The van der Waals surface area contributed by atoms with Gasteiger partial charge in [-0.1, -0.05) is 47.6 Å². The summed E-state index contributed by atoms with van der Waals surface area (Å²) < 4.78 is 19.1. The largest absolute Gasteiger partial charge is 0.495 e. The summed E-state index contributed by atoms with van der Waals surface area (Å²) in [4.78, 5) is 41.8. The van der Waals surface area contributed by atoms with Gasteiger partial charge in [0.25, 0.3) is 17.7 Å². The lowest BCUT2D eigenvalue weighted by molar-refractivity contribution is -0.120. The molecule has 4 aromatic rings. The van der Waals surface area contributed by atoms with Gasteiger partial charge in [-0.15, -0.1) is 0 Å². The number of hydrogen-bond acceptors (Lipinski definition) is 6. The fourth-order valence-electron chi connectivity index (χ4n) is 4.19. The van der Waals surface area contributed by atoms with Crippen LogP contribution in [-0.2, 0) is 9.59 Å². The van der Waals surface area contributed by atoms with Crippen LogP contribution in [0.2, 0.25) is 5.02 Å². The molecule has 0 spiro atoms. The second-order valence-corrected chi connectivity index (χ2v) is 10.5. The summed E-state index contributed by atoms with van der Waals surface area (Å²) >= 11 is 7.23. The Balaban J connectivity index is 1.49. The lowest BCUT2D eigenvalue weighted by atomic mass is 10.2. The number of benzene rings is 4. The predicted molar refractivity (Wildman–Crippen MR) is 159 cm³/mol. The Kier molecular flexibility index (Phi) is 8.09. The number of methoxy groups -OCH3 is 1. The molecular weight excluding hydrogens is 565 g/mol. The van der Waals surface area contributed by atoms with Crippen LogP contribution in [-0.4, -0.2) is 24.8 Å². The molecule has 0 saturated heterocycles. The van der Waals surface area contributed by atoms with Crippen LogP contribution in [0, 0.1) is 12.7 Å². The number of anilines is 3. The smallest absolute Gasteiger partial charge is 0.283 e. The average Bonchev–Trinajstić information content (AvgIpc) is 3.18. The third-order valence-corrected chi connectivity index (χ3v) is 7.57. The zero-order valence-electron chi connectivity index (χ0n) is 21.9. The molecule has 0 fully saturated rings. The average molecular weight is 588 g/mol. The third-order valence-electron chi connectivity index (χ3n) is 6.17. The Labute approximate surface area is 245 Å². The topological polar surface area (TPSA) is 87.7 Å². The molecule has 0 bridgehead atoms. The van der Waals surface area contributed by atoms with Crippen molar-refractivity contribution in [2.45, 2.75) is 11.8 Å². The van der Waals surface area contributed by atoms with Crippen LogP contribution in [0.1, 0.15) is 15.9 Å². The van der Waals surface area contributed by atoms with E-state index in [1.165, 1.54) is 31.4 Å². The summed E-state index contributed by atoms with van der Waals surface area (Å²) in [6.07, 6.45) is 0. The fourth-order valence-corrected chi connectivity index (χ4v) is 5.40. The Morgan fingerprint density at radius 3 is 2.41 bits per heavy atom. The molecule has 5 rings (SSSR count). The van der Waals surface area contributed by atoms with Gasteiger partial charge in [-0.2, -0.15) is 0 Å². The molecule has 1 aliphatic heterocycles. The molecule has 3 amide bonds. The van der Waals surface area contributed by atoms with Gasteiger partial charge in [0.2, 0.25) is 0 Å². The Hall–Kier alpha value is -4.60. The normalized spacial score (nSPS) is 13.0. The van der Waals surface area contributed by atoms with Crippen LogP contribution in [0.15, 0.2) is 106 Å². The number of nitrogens with zero attached hydrogens (tertiary/aromatic N) is 1. The quantitative estimate of drug-likeness (QED) is 0.215. The number of halogens is 2. The van der Waals surface area contributed by atoms with Gasteiger partial charge in [0, 0.05) is 10.6 Å². The van der Waals surface area contributed by atoms with E-state index in [1.807, 2.05) is 13.0 Å². The molecular formula is C31H23ClFN3O4S. The first kappa shape index (κ1) is 27.9. The minimum atomic E-state index is -0.601. The Bertz CT molecular complexity index is 1710. The summed E-state index contributed by atoms with van der Waals surface area (Å²) in [5.41, 5.74) is 2.48. The van der Waals surface area contributed by atoms with Gasteiger partial charge in [-0.05, 0) is 79.2 Å². The molecule has 4 aromatic carbocycles.